The zero-order chi connectivity index (χ0) is 20.1. The number of aromatic nitrogens is 2. The number of esters is 1. The highest BCUT2D eigenvalue weighted by molar-refractivity contribution is 6.31. The van der Waals surface area contributed by atoms with Gasteiger partial charge in [0.1, 0.15) is 17.8 Å². The fourth-order valence-corrected chi connectivity index (χ4v) is 2.55. The van der Waals surface area contributed by atoms with E-state index in [4.69, 9.17) is 11.6 Å². The van der Waals surface area contributed by atoms with E-state index in [1.54, 1.807) is 30.3 Å². The molecule has 0 aliphatic carbocycles. The number of halogens is 1. The largest absolute Gasteiger partial charge is 0.465 e. The van der Waals surface area contributed by atoms with Crippen molar-refractivity contribution in [1.29, 1.82) is 0 Å². The number of hydrogen-bond donors (Lipinski definition) is 2. The van der Waals surface area contributed by atoms with Crippen LogP contribution < -0.4 is 10.6 Å². The first kappa shape index (κ1) is 19.3. The average molecular weight is 397 g/mol. The van der Waals surface area contributed by atoms with E-state index < -0.39 is 11.9 Å². The number of aryl methyl sites for hydroxylation is 1. The minimum atomic E-state index is -0.444. The maximum Gasteiger partial charge on any atom is 0.337 e. The lowest BCUT2D eigenvalue weighted by atomic mass is 10.2. The monoisotopic (exact) mass is 396 g/mol. The lowest BCUT2D eigenvalue weighted by Crippen LogP contribution is -2.14. The van der Waals surface area contributed by atoms with E-state index in [2.05, 4.69) is 25.3 Å². The van der Waals surface area contributed by atoms with Gasteiger partial charge in [-0.25, -0.2) is 14.8 Å². The van der Waals surface area contributed by atoms with Crippen molar-refractivity contribution in [2.24, 2.45) is 0 Å². The van der Waals surface area contributed by atoms with Crippen LogP contribution >= 0.6 is 11.6 Å². The number of nitrogens with zero attached hydrogens (tertiary/aromatic N) is 2. The third kappa shape index (κ3) is 4.63. The molecule has 0 spiro atoms. The van der Waals surface area contributed by atoms with E-state index in [0.29, 0.717) is 22.1 Å². The highest BCUT2D eigenvalue weighted by Crippen LogP contribution is 2.22. The Hall–Kier alpha value is -3.45. The number of methoxy groups -OCH3 is 1. The summed E-state index contributed by atoms with van der Waals surface area (Å²) in [6.07, 6.45) is 1.30. The number of nitrogens with one attached hydrogen (secondary N) is 2. The number of benzene rings is 2. The maximum atomic E-state index is 12.5. The molecule has 1 aromatic heterocycles. The molecule has 0 saturated heterocycles. The van der Waals surface area contributed by atoms with Crippen molar-refractivity contribution in [1.82, 2.24) is 9.97 Å². The van der Waals surface area contributed by atoms with Gasteiger partial charge in [-0.05, 0) is 48.9 Å². The minimum absolute atomic E-state index is 0.188. The third-order valence-electron chi connectivity index (χ3n) is 3.91. The smallest absolute Gasteiger partial charge is 0.337 e. The fraction of sp³-hybridized carbons (Fsp3) is 0.100. The third-order valence-corrected chi connectivity index (χ3v) is 4.32. The van der Waals surface area contributed by atoms with Gasteiger partial charge in [0.15, 0.2) is 0 Å². The second kappa shape index (κ2) is 8.49. The van der Waals surface area contributed by atoms with Crippen molar-refractivity contribution in [3.8, 4) is 0 Å². The van der Waals surface area contributed by atoms with Crippen LogP contribution in [0, 0.1) is 6.92 Å². The number of carbonyl (C=O) groups excluding carboxylic acids is 2. The Morgan fingerprint density at radius 1 is 1.00 bits per heavy atom. The van der Waals surface area contributed by atoms with Gasteiger partial charge in [-0.3, -0.25) is 4.79 Å². The van der Waals surface area contributed by atoms with Gasteiger partial charge in [-0.15, -0.1) is 0 Å². The van der Waals surface area contributed by atoms with Crippen molar-refractivity contribution in [2.75, 3.05) is 17.7 Å². The van der Waals surface area contributed by atoms with E-state index in [1.807, 2.05) is 19.1 Å². The molecule has 2 N–H and O–H groups in total. The normalized spacial score (nSPS) is 10.2. The predicted octanol–water partition coefficient (Wildman–Crippen LogP) is 4.22. The fourth-order valence-electron chi connectivity index (χ4n) is 2.37. The van der Waals surface area contributed by atoms with Crippen LogP contribution in [0.25, 0.3) is 0 Å². The van der Waals surface area contributed by atoms with Crippen molar-refractivity contribution in [2.45, 2.75) is 6.92 Å². The SMILES string of the molecule is COC(=O)c1ccc(NC(=O)c2cc(Nc3ccc(C)c(Cl)c3)ncn2)cc1. The molecule has 3 rings (SSSR count). The number of rotatable bonds is 5. The highest BCUT2D eigenvalue weighted by Gasteiger charge is 2.11. The Balaban J connectivity index is 1.71. The van der Waals surface area contributed by atoms with Crippen LogP contribution in [0.2, 0.25) is 5.02 Å². The van der Waals surface area contributed by atoms with Gasteiger partial charge in [0.25, 0.3) is 5.91 Å². The molecule has 3 aromatic rings. The first-order valence-corrected chi connectivity index (χ1v) is 8.69. The number of anilines is 3. The summed E-state index contributed by atoms with van der Waals surface area (Å²) in [6.45, 7) is 1.91. The van der Waals surface area contributed by atoms with Crippen molar-refractivity contribution >= 4 is 40.7 Å². The first-order valence-electron chi connectivity index (χ1n) is 8.31. The van der Waals surface area contributed by atoms with Crippen molar-refractivity contribution in [3.63, 3.8) is 0 Å². The summed E-state index contributed by atoms with van der Waals surface area (Å²) in [4.78, 5) is 32.0. The van der Waals surface area contributed by atoms with E-state index in [9.17, 15) is 9.59 Å². The summed E-state index contributed by atoms with van der Waals surface area (Å²) in [7, 11) is 1.31. The topological polar surface area (TPSA) is 93.2 Å². The van der Waals surface area contributed by atoms with Gasteiger partial charge in [0.05, 0.1) is 12.7 Å². The molecular weight excluding hydrogens is 380 g/mol. The first-order chi connectivity index (χ1) is 13.5. The lowest BCUT2D eigenvalue weighted by molar-refractivity contribution is 0.0600. The Morgan fingerprint density at radius 3 is 2.39 bits per heavy atom. The van der Waals surface area contributed by atoms with Crippen molar-refractivity contribution < 1.29 is 14.3 Å². The molecule has 0 saturated carbocycles. The zero-order valence-corrected chi connectivity index (χ0v) is 15.9. The summed E-state index contributed by atoms with van der Waals surface area (Å²) < 4.78 is 4.64. The summed E-state index contributed by atoms with van der Waals surface area (Å²) in [5.41, 5.74) is 2.82. The molecular formula is C20H17ClN4O3. The van der Waals surface area contributed by atoms with Crippen molar-refractivity contribution in [3.05, 3.63) is 76.7 Å². The molecule has 1 heterocycles. The molecule has 0 radical (unpaired) electrons. The molecule has 0 bridgehead atoms. The van der Waals surface area contributed by atoms with Gasteiger partial charge >= 0.3 is 5.97 Å². The van der Waals surface area contributed by atoms with E-state index >= 15 is 0 Å². The molecule has 0 aliphatic rings. The molecule has 2 aromatic carbocycles. The molecule has 142 valence electrons. The van der Waals surface area contributed by atoms with E-state index in [1.165, 1.54) is 19.5 Å². The maximum absolute atomic E-state index is 12.5. The summed E-state index contributed by atoms with van der Waals surface area (Å²) in [6, 6.07) is 13.4. The highest BCUT2D eigenvalue weighted by atomic mass is 35.5. The molecule has 0 atom stereocenters. The van der Waals surface area contributed by atoms with Crippen LogP contribution in [0.3, 0.4) is 0 Å². The number of ether oxygens (including phenoxy) is 1. The lowest BCUT2D eigenvalue weighted by Gasteiger charge is -2.09. The van der Waals surface area contributed by atoms with E-state index in [0.717, 1.165) is 11.3 Å². The molecule has 7 nitrogen and oxygen atoms in total. The standard InChI is InChI=1S/C20H17ClN4O3/c1-12-3-6-15(9-16(12)21)24-18-10-17(22-11-23-18)19(26)25-14-7-4-13(5-8-14)20(27)28-2/h3-11H,1-2H3,(H,25,26)(H,22,23,24). The number of hydrogen-bond acceptors (Lipinski definition) is 6. The minimum Gasteiger partial charge on any atom is -0.465 e. The zero-order valence-electron chi connectivity index (χ0n) is 15.2. The molecule has 28 heavy (non-hydrogen) atoms. The summed E-state index contributed by atoms with van der Waals surface area (Å²) in [5, 5.41) is 6.44. The quantitative estimate of drug-likeness (QED) is 0.627. The van der Waals surface area contributed by atoms with Gasteiger partial charge in [0.2, 0.25) is 0 Å². The van der Waals surface area contributed by atoms with Crippen LogP contribution in [-0.2, 0) is 4.74 Å². The molecule has 0 fully saturated rings. The Morgan fingerprint density at radius 2 is 1.71 bits per heavy atom. The predicted molar refractivity (Wildman–Crippen MR) is 107 cm³/mol. The molecule has 0 unspecified atom stereocenters. The van der Waals surface area contributed by atoms with Crippen LogP contribution in [0.1, 0.15) is 26.4 Å². The second-order valence-corrected chi connectivity index (χ2v) is 6.31. The van der Waals surface area contributed by atoms with Gasteiger partial charge in [0, 0.05) is 22.5 Å². The Kier molecular flexibility index (Phi) is 5.86. The van der Waals surface area contributed by atoms with Gasteiger partial charge in [-0.2, -0.15) is 0 Å². The number of amides is 1. The second-order valence-electron chi connectivity index (χ2n) is 5.90. The Labute approximate surface area is 166 Å². The molecule has 8 heteroatoms. The summed E-state index contributed by atoms with van der Waals surface area (Å²) >= 11 is 6.13. The van der Waals surface area contributed by atoms with E-state index in [-0.39, 0.29) is 5.69 Å². The van der Waals surface area contributed by atoms with Crippen LogP contribution in [0.15, 0.2) is 54.9 Å². The van der Waals surface area contributed by atoms with Crippen LogP contribution in [-0.4, -0.2) is 29.0 Å². The number of carbonyl (C=O) groups is 2. The molecule has 0 aliphatic heterocycles. The van der Waals surface area contributed by atoms with Gasteiger partial charge in [-0.1, -0.05) is 17.7 Å². The molecule has 1 amide bonds. The Bertz CT molecular complexity index is 1020. The van der Waals surface area contributed by atoms with Gasteiger partial charge < -0.3 is 15.4 Å². The summed E-state index contributed by atoms with van der Waals surface area (Å²) in [5.74, 6) is -0.389. The average Bonchev–Trinajstić information content (AvgIpc) is 2.71. The van der Waals surface area contributed by atoms with Crippen LogP contribution in [0.5, 0.6) is 0 Å². The van der Waals surface area contributed by atoms with Crippen LogP contribution in [0.4, 0.5) is 17.2 Å².